The lowest BCUT2D eigenvalue weighted by Gasteiger charge is -2.17. The summed E-state index contributed by atoms with van der Waals surface area (Å²) in [6.07, 6.45) is -3.75. The van der Waals surface area contributed by atoms with Gasteiger partial charge in [-0.25, -0.2) is 13.6 Å². The summed E-state index contributed by atoms with van der Waals surface area (Å²) in [7, 11) is 0.990. The summed E-state index contributed by atoms with van der Waals surface area (Å²) in [6.45, 7) is 0. The highest BCUT2D eigenvalue weighted by Gasteiger charge is 2.34. The van der Waals surface area contributed by atoms with Crippen molar-refractivity contribution in [1.29, 1.82) is 0 Å². The topological polar surface area (TPSA) is 101 Å². The smallest absolute Gasteiger partial charge is 0.431 e. The van der Waals surface area contributed by atoms with Crippen molar-refractivity contribution in [3.05, 3.63) is 99.6 Å². The van der Waals surface area contributed by atoms with E-state index in [1.54, 1.807) is 12.1 Å². The molecule has 12 heteroatoms. The van der Waals surface area contributed by atoms with Crippen molar-refractivity contribution in [2.24, 2.45) is 7.05 Å². The second kappa shape index (κ2) is 10.0. The van der Waals surface area contributed by atoms with Crippen molar-refractivity contribution in [3.8, 4) is 11.3 Å². The van der Waals surface area contributed by atoms with Crippen LogP contribution in [0.2, 0.25) is 0 Å². The van der Waals surface area contributed by atoms with Crippen LogP contribution in [-0.4, -0.2) is 32.6 Å². The van der Waals surface area contributed by atoms with Crippen molar-refractivity contribution in [1.82, 2.24) is 14.9 Å². The van der Waals surface area contributed by atoms with E-state index in [4.69, 9.17) is 0 Å². The molecule has 38 heavy (non-hydrogen) atoms. The van der Waals surface area contributed by atoms with Gasteiger partial charge in [-0.05, 0) is 41.3 Å². The number of fused-ring (bicyclic) bond motifs is 1. The average molecular weight is 531 g/mol. The van der Waals surface area contributed by atoms with Crippen molar-refractivity contribution >= 4 is 22.6 Å². The average Bonchev–Trinajstić information content (AvgIpc) is 2.84. The van der Waals surface area contributed by atoms with Crippen molar-refractivity contribution in [2.75, 3.05) is 0 Å². The first-order chi connectivity index (χ1) is 17.9. The first kappa shape index (κ1) is 26.5. The number of rotatable bonds is 6. The predicted molar refractivity (Wildman–Crippen MR) is 126 cm³/mol. The number of aliphatic carboxylic acids is 1. The predicted octanol–water partition coefficient (Wildman–Crippen LogP) is 4.32. The van der Waals surface area contributed by atoms with Gasteiger partial charge in [0, 0.05) is 25.1 Å². The van der Waals surface area contributed by atoms with Gasteiger partial charge in [0.25, 0.3) is 11.5 Å². The fourth-order valence-corrected chi connectivity index (χ4v) is 4.13. The molecule has 0 fully saturated rings. The van der Waals surface area contributed by atoms with Gasteiger partial charge in [-0.15, -0.1) is 0 Å². The summed E-state index contributed by atoms with van der Waals surface area (Å²) in [5.74, 6) is -5.06. The van der Waals surface area contributed by atoms with E-state index in [1.807, 2.05) is 0 Å². The minimum atomic E-state index is -4.74. The Balaban J connectivity index is 1.74. The van der Waals surface area contributed by atoms with Gasteiger partial charge in [0.2, 0.25) is 0 Å². The van der Waals surface area contributed by atoms with Gasteiger partial charge < -0.3 is 15.0 Å². The fourth-order valence-electron chi connectivity index (χ4n) is 4.13. The molecule has 4 rings (SSSR count). The fraction of sp³-hybridized carbons (Fsp3) is 0.154. The standard InChI is InChI=1S/C26H18F5N3O4/c1-34-20(26(29,30)31)9-8-16(24(34)36)22-15-5-2-4-13(14(15)10-11-32-22)12-19(25(37)38)33-23(35)21-17(27)6-3-7-18(21)28/h2-11,19H,12H2,1H3,(H,33,35)(H,37,38)/t19-/m0/s1. The molecule has 0 bridgehead atoms. The monoisotopic (exact) mass is 531 g/mol. The van der Waals surface area contributed by atoms with Crippen LogP contribution in [0, 0.1) is 11.6 Å². The largest absolute Gasteiger partial charge is 0.480 e. The quantitative estimate of drug-likeness (QED) is 0.361. The third-order valence-electron chi connectivity index (χ3n) is 5.96. The Bertz CT molecular complexity index is 1610. The van der Waals surface area contributed by atoms with Crippen molar-refractivity contribution in [2.45, 2.75) is 18.6 Å². The van der Waals surface area contributed by atoms with E-state index in [1.165, 1.54) is 18.3 Å². The molecular weight excluding hydrogens is 513 g/mol. The van der Waals surface area contributed by atoms with Crippen molar-refractivity contribution in [3.63, 3.8) is 0 Å². The zero-order valence-electron chi connectivity index (χ0n) is 19.5. The van der Waals surface area contributed by atoms with Gasteiger partial charge in [0.05, 0.1) is 11.3 Å². The van der Waals surface area contributed by atoms with E-state index >= 15 is 0 Å². The normalized spacial score (nSPS) is 12.4. The van der Waals surface area contributed by atoms with Gasteiger partial charge in [-0.2, -0.15) is 13.2 Å². The van der Waals surface area contributed by atoms with Gasteiger partial charge in [-0.3, -0.25) is 14.6 Å². The molecule has 1 atom stereocenters. The number of pyridine rings is 2. The number of carboxylic acid groups (broad SMARTS) is 1. The molecule has 0 aliphatic heterocycles. The molecule has 2 aromatic carbocycles. The Labute approximate surface area is 211 Å². The molecular formula is C26H18F5N3O4. The van der Waals surface area contributed by atoms with E-state index in [-0.39, 0.29) is 17.7 Å². The number of aromatic nitrogens is 2. The number of alkyl halides is 3. The minimum Gasteiger partial charge on any atom is -0.480 e. The molecule has 196 valence electrons. The highest BCUT2D eigenvalue weighted by atomic mass is 19.4. The van der Waals surface area contributed by atoms with Crippen LogP contribution in [0.25, 0.3) is 22.0 Å². The molecule has 2 heterocycles. The Morgan fingerprint density at radius 2 is 1.66 bits per heavy atom. The molecule has 1 amide bonds. The lowest BCUT2D eigenvalue weighted by atomic mass is 9.96. The van der Waals surface area contributed by atoms with Gasteiger partial charge in [0.1, 0.15) is 28.9 Å². The van der Waals surface area contributed by atoms with Crippen LogP contribution < -0.4 is 10.9 Å². The molecule has 0 saturated carbocycles. The van der Waals surface area contributed by atoms with E-state index in [0.717, 1.165) is 37.4 Å². The van der Waals surface area contributed by atoms with E-state index in [2.05, 4.69) is 10.3 Å². The third-order valence-corrected chi connectivity index (χ3v) is 5.96. The summed E-state index contributed by atoms with van der Waals surface area (Å²) in [5.41, 5.74) is -2.67. The number of hydrogen-bond donors (Lipinski definition) is 2. The number of halogens is 5. The van der Waals surface area contributed by atoms with Gasteiger partial charge >= 0.3 is 12.1 Å². The first-order valence-electron chi connectivity index (χ1n) is 11.0. The van der Waals surface area contributed by atoms with Crippen LogP contribution in [0.3, 0.4) is 0 Å². The molecule has 2 N–H and O–H groups in total. The Morgan fingerprint density at radius 1 is 1.00 bits per heavy atom. The number of carbonyl (C=O) groups excluding carboxylic acids is 1. The summed E-state index contributed by atoms with van der Waals surface area (Å²) in [6, 6.07) is 9.10. The molecule has 2 aromatic heterocycles. The number of hydrogen-bond acceptors (Lipinski definition) is 4. The Morgan fingerprint density at radius 3 is 2.29 bits per heavy atom. The molecule has 0 unspecified atom stereocenters. The number of carbonyl (C=O) groups is 2. The first-order valence-corrected chi connectivity index (χ1v) is 11.0. The number of amides is 1. The SMILES string of the molecule is Cn1c(C(F)(F)F)ccc(-c2nccc3c(C[C@H](NC(=O)c4c(F)cccc4F)C(=O)O)cccc23)c1=O. The molecule has 7 nitrogen and oxygen atoms in total. The van der Waals surface area contributed by atoms with E-state index < -0.39 is 52.5 Å². The number of nitrogens with zero attached hydrogens (tertiary/aromatic N) is 2. The minimum absolute atomic E-state index is 0.0722. The van der Waals surface area contributed by atoms with Gasteiger partial charge in [-0.1, -0.05) is 24.3 Å². The zero-order valence-corrected chi connectivity index (χ0v) is 19.5. The maximum absolute atomic E-state index is 14.0. The highest BCUT2D eigenvalue weighted by molar-refractivity contribution is 5.98. The summed E-state index contributed by atoms with van der Waals surface area (Å²) < 4.78 is 68.1. The van der Waals surface area contributed by atoms with Crippen LogP contribution in [-0.2, 0) is 24.4 Å². The maximum atomic E-state index is 14.0. The summed E-state index contributed by atoms with van der Waals surface area (Å²) in [4.78, 5) is 41.3. The Kier molecular flexibility index (Phi) is 6.99. The van der Waals surface area contributed by atoms with Crippen LogP contribution >= 0.6 is 0 Å². The molecule has 0 radical (unpaired) electrons. The molecule has 0 saturated heterocycles. The molecule has 0 aliphatic carbocycles. The second-order valence-corrected chi connectivity index (χ2v) is 8.33. The number of benzene rings is 2. The third kappa shape index (κ3) is 4.97. The van der Waals surface area contributed by atoms with Crippen LogP contribution in [0.4, 0.5) is 22.0 Å². The van der Waals surface area contributed by atoms with Crippen LogP contribution in [0.5, 0.6) is 0 Å². The molecule has 0 spiro atoms. The lowest BCUT2D eigenvalue weighted by molar-refractivity contribution is -0.143. The zero-order chi connectivity index (χ0) is 27.8. The van der Waals surface area contributed by atoms with Crippen molar-refractivity contribution < 1.29 is 36.6 Å². The number of carboxylic acids is 1. The van der Waals surface area contributed by atoms with E-state index in [0.29, 0.717) is 20.9 Å². The maximum Gasteiger partial charge on any atom is 0.431 e. The molecule has 0 aliphatic rings. The number of nitrogens with one attached hydrogen (secondary N) is 1. The second-order valence-electron chi connectivity index (χ2n) is 8.33. The highest BCUT2D eigenvalue weighted by Crippen LogP contribution is 2.31. The lowest BCUT2D eigenvalue weighted by Crippen LogP contribution is -2.43. The van der Waals surface area contributed by atoms with Crippen LogP contribution in [0.1, 0.15) is 21.6 Å². The molecule has 4 aromatic rings. The van der Waals surface area contributed by atoms with E-state index in [9.17, 15) is 41.4 Å². The Hall–Kier alpha value is -4.61. The van der Waals surface area contributed by atoms with Gasteiger partial charge in [0.15, 0.2) is 0 Å². The summed E-state index contributed by atoms with van der Waals surface area (Å²) >= 11 is 0. The summed E-state index contributed by atoms with van der Waals surface area (Å²) in [5, 5.41) is 12.6. The van der Waals surface area contributed by atoms with Crippen LogP contribution in [0.15, 0.2) is 65.6 Å².